The lowest BCUT2D eigenvalue weighted by molar-refractivity contribution is -0.0750. The van der Waals surface area contributed by atoms with E-state index in [9.17, 15) is 4.79 Å². The number of carbonyl (C=O) groups excluding carboxylic acids is 1. The fourth-order valence-corrected chi connectivity index (χ4v) is 5.47. The second-order valence-electron chi connectivity index (χ2n) is 10.0. The van der Waals surface area contributed by atoms with Crippen LogP contribution in [0.25, 0.3) is 10.9 Å². The highest BCUT2D eigenvalue weighted by molar-refractivity contribution is 6.18. The average Bonchev–Trinajstić information content (AvgIpc) is 3.25. The Morgan fingerprint density at radius 2 is 1.94 bits per heavy atom. The van der Waals surface area contributed by atoms with Gasteiger partial charge in [0.2, 0.25) is 0 Å². The maximum Gasteiger partial charge on any atom is 0.195 e. The molecule has 3 heterocycles. The smallest absolute Gasteiger partial charge is 0.195 e. The van der Waals surface area contributed by atoms with Crippen LogP contribution in [0.3, 0.4) is 0 Å². The Balaban J connectivity index is 1.31. The van der Waals surface area contributed by atoms with Gasteiger partial charge in [-0.25, -0.2) is 0 Å². The number of aliphatic imine (C=N–C) groups is 1. The van der Waals surface area contributed by atoms with Crippen LogP contribution in [0.15, 0.2) is 41.4 Å². The number of rotatable bonds is 9. The summed E-state index contributed by atoms with van der Waals surface area (Å²) in [5, 5.41) is 0.965. The summed E-state index contributed by atoms with van der Waals surface area (Å²) >= 11 is 0. The molecular weight excluding hydrogens is 450 g/mol. The van der Waals surface area contributed by atoms with E-state index in [1.807, 2.05) is 30.5 Å². The van der Waals surface area contributed by atoms with Crippen LogP contribution in [-0.4, -0.2) is 67.9 Å². The Morgan fingerprint density at radius 3 is 2.61 bits per heavy atom. The zero-order chi connectivity index (χ0) is 25.1. The van der Waals surface area contributed by atoms with Gasteiger partial charge in [-0.3, -0.25) is 14.7 Å². The quantitative estimate of drug-likeness (QED) is 0.338. The third kappa shape index (κ3) is 4.97. The van der Waals surface area contributed by atoms with E-state index in [4.69, 9.17) is 9.47 Å². The predicted octanol–water partition coefficient (Wildman–Crippen LogP) is 5.06. The van der Waals surface area contributed by atoms with Gasteiger partial charge in [-0.2, -0.15) is 0 Å². The van der Waals surface area contributed by atoms with E-state index in [1.54, 1.807) is 7.05 Å². The molecule has 0 radical (unpaired) electrons. The van der Waals surface area contributed by atoms with Gasteiger partial charge in [0.1, 0.15) is 5.75 Å². The molecule has 0 saturated carbocycles. The third-order valence-electron chi connectivity index (χ3n) is 7.73. The Hall–Kier alpha value is -2.96. The first kappa shape index (κ1) is 24.7. The number of nitrogens with zero attached hydrogens (tertiary/aromatic N) is 2. The van der Waals surface area contributed by atoms with Crippen LogP contribution in [0.1, 0.15) is 59.4 Å². The summed E-state index contributed by atoms with van der Waals surface area (Å²) in [5.74, 6) is 1.51. The Kier molecular flexibility index (Phi) is 7.54. The summed E-state index contributed by atoms with van der Waals surface area (Å²) in [5.41, 5.74) is 5.54. The van der Waals surface area contributed by atoms with Gasteiger partial charge in [-0.15, -0.1) is 0 Å². The molecule has 1 aromatic heterocycles. The number of H-pyrrole nitrogens is 1. The maximum atomic E-state index is 13.8. The molecule has 0 spiro atoms. The lowest BCUT2D eigenvalue weighted by Crippen LogP contribution is -2.52. The van der Waals surface area contributed by atoms with Gasteiger partial charge in [0.25, 0.3) is 0 Å². The molecule has 1 N–H and O–H groups in total. The largest absolute Gasteiger partial charge is 0.493 e. The molecule has 0 aliphatic carbocycles. The number of nitrogens with one attached hydrogen (secondary N) is 1. The van der Waals surface area contributed by atoms with Crippen molar-refractivity contribution >= 4 is 22.9 Å². The molecular formula is C30H37N3O3. The molecule has 2 aliphatic heterocycles. The third-order valence-corrected chi connectivity index (χ3v) is 7.73. The zero-order valence-corrected chi connectivity index (χ0v) is 21.7. The van der Waals surface area contributed by atoms with Crippen molar-refractivity contribution in [3.63, 3.8) is 0 Å². The van der Waals surface area contributed by atoms with Gasteiger partial charge >= 0.3 is 0 Å². The highest BCUT2D eigenvalue weighted by atomic mass is 16.5. The number of fused-ring (bicyclic) bond motifs is 1. The SMILES string of the molecule is CCc1cc(OCC2CCN(C3COC3)CC2)ccc1C(=O)c1c(CC)[nH]c2cc(C=NC)ccc12. The topological polar surface area (TPSA) is 66.9 Å². The monoisotopic (exact) mass is 487 g/mol. The van der Waals surface area contributed by atoms with E-state index >= 15 is 0 Å². The highest BCUT2D eigenvalue weighted by Gasteiger charge is 2.30. The molecule has 36 heavy (non-hydrogen) atoms. The van der Waals surface area contributed by atoms with Crippen molar-refractivity contribution in [1.82, 2.24) is 9.88 Å². The van der Waals surface area contributed by atoms with Crippen molar-refractivity contribution < 1.29 is 14.3 Å². The lowest BCUT2D eigenvalue weighted by atomic mass is 9.94. The molecule has 5 rings (SSSR count). The van der Waals surface area contributed by atoms with E-state index < -0.39 is 0 Å². The first-order valence-electron chi connectivity index (χ1n) is 13.3. The summed E-state index contributed by atoms with van der Waals surface area (Å²) in [6.07, 6.45) is 5.71. The molecule has 2 aliphatic rings. The number of hydrogen-bond acceptors (Lipinski definition) is 5. The number of ketones is 1. The normalized spacial score (nSPS) is 17.6. The molecule has 3 aromatic rings. The molecule has 2 fully saturated rings. The molecule has 0 bridgehead atoms. The van der Waals surface area contributed by atoms with Gasteiger partial charge in [0, 0.05) is 35.4 Å². The number of aryl methyl sites for hydroxylation is 2. The average molecular weight is 488 g/mol. The van der Waals surface area contributed by atoms with E-state index in [0.29, 0.717) is 12.0 Å². The van der Waals surface area contributed by atoms with Crippen LogP contribution in [0.4, 0.5) is 0 Å². The van der Waals surface area contributed by atoms with Crippen LogP contribution < -0.4 is 4.74 Å². The fraction of sp³-hybridized carbons (Fsp3) is 0.467. The van der Waals surface area contributed by atoms with E-state index in [-0.39, 0.29) is 5.78 Å². The fourth-order valence-electron chi connectivity index (χ4n) is 5.47. The van der Waals surface area contributed by atoms with Gasteiger partial charge in [0.15, 0.2) is 5.78 Å². The molecule has 2 saturated heterocycles. The van der Waals surface area contributed by atoms with Crippen LogP contribution in [0.5, 0.6) is 5.75 Å². The molecule has 190 valence electrons. The number of piperidine rings is 1. The van der Waals surface area contributed by atoms with Gasteiger partial charge in [-0.05, 0) is 80.1 Å². The maximum absolute atomic E-state index is 13.8. The molecule has 6 nitrogen and oxygen atoms in total. The molecule has 6 heteroatoms. The highest BCUT2D eigenvalue weighted by Crippen LogP contribution is 2.30. The molecule has 0 amide bonds. The van der Waals surface area contributed by atoms with Crippen LogP contribution in [0.2, 0.25) is 0 Å². The molecule has 0 unspecified atom stereocenters. The number of ether oxygens (including phenoxy) is 2. The Bertz CT molecular complexity index is 1250. The van der Waals surface area contributed by atoms with Gasteiger partial charge < -0.3 is 14.5 Å². The van der Waals surface area contributed by atoms with Crippen LogP contribution >= 0.6 is 0 Å². The minimum absolute atomic E-state index is 0.0748. The molecule has 0 atom stereocenters. The minimum Gasteiger partial charge on any atom is -0.493 e. The van der Waals surface area contributed by atoms with Crippen molar-refractivity contribution in [2.24, 2.45) is 10.9 Å². The first-order valence-corrected chi connectivity index (χ1v) is 13.3. The number of likely N-dealkylation sites (tertiary alicyclic amines) is 1. The predicted molar refractivity (Wildman–Crippen MR) is 145 cm³/mol. The number of carbonyl (C=O) groups is 1. The summed E-state index contributed by atoms with van der Waals surface area (Å²) in [6.45, 7) is 8.95. The van der Waals surface area contributed by atoms with Crippen LogP contribution in [0, 0.1) is 5.92 Å². The molecule has 2 aromatic carbocycles. The Morgan fingerprint density at radius 1 is 1.14 bits per heavy atom. The second-order valence-corrected chi connectivity index (χ2v) is 10.0. The van der Waals surface area contributed by atoms with Gasteiger partial charge in [-0.1, -0.05) is 26.0 Å². The van der Waals surface area contributed by atoms with E-state index in [2.05, 4.69) is 40.9 Å². The van der Waals surface area contributed by atoms with Crippen molar-refractivity contribution in [2.75, 3.05) is 40.0 Å². The summed E-state index contributed by atoms with van der Waals surface area (Å²) in [6, 6.07) is 12.7. The van der Waals surface area contributed by atoms with Crippen molar-refractivity contribution in [1.29, 1.82) is 0 Å². The number of hydrogen-bond donors (Lipinski definition) is 1. The van der Waals surface area contributed by atoms with E-state index in [0.717, 1.165) is 90.4 Å². The van der Waals surface area contributed by atoms with Crippen molar-refractivity contribution in [2.45, 2.75) is 45.6 Å². The zero-order valence-electron chi connectivity index (χ0n) is 21.7. The summed E-state index contributed by atoms with van der Waals surface area (Å²) in [4.78, 5) is 24.0. The standard InChI is InChI=1S/C30H37N3O3/c1-4-22-15-24(36-17-20-10-12-33(13-11-20)23-18-35-19-23)7-9-25(22)30(34)29-26-8-6-21(16-31-3)14-28(26)32-27(29)5-2/h6-9,14-16,20,23,32H,4-5,10-13,17-19H2,1-3H3. The first-order chi connectivity index (χ1) is 17.6. The second kappa shape index (κ2) is 11.0. The number of aromatic amines is 1. The minimum atomic E-state index is 0.0748. The summed E-state index contributed by atoms with van der Waals surface area (Å²) < 4.78 is 11.6. The van der Waals surface area contributed by atoms with Crippen LogP contribution in [-0.2, 0) is 17.6 Å². The van der Waals surface area contributed by atoms with E-state index in [1.165, 1.54) is 12.8 Å². The lowest BCUT2D eigenvalue weighted by Gasteiger charge is -2.41. The Labute approximate surface area is 213 Å². The van der Waals surface area contributed by atoms with Crippen molar-refractivity contribution in [3.05, 3.63) is 64.3 Å². The summed E-state index contributed by atoms with van der Waals surface area (Å²) in [7, 11) is 1.76. The number of aromatic nitrogens is 1. The van der Waals surface area contributed by atoms with Crippen molar-refractivity contribution in [3.8, 4) is 5.75 Å². The van der Waals surface area contributed by atoms with Gasteiger partial charge in [0.05, 0.1) is 31.4 Å². The number of benzene rings is 2.